The van der Waals surface area contributed by atoms with E-state index in [1.165, 1.54) is 12.0 Å². The van der Waals surface area contributed by atoms with Crippen LogP contribution < -0.4 is 0 Å². The van der Waals surface area contributed by atoms with E-state index in [0.29, 0.717) is 17.4 Å². The molecule has 3 aliphatic rings. The molecule has 0 N–H and O–H groups in total. The molecular weight excluding hydrogens is 338 g/mol. The molecule has 1 aromatic carbocycles. The first-order valence-corrected chi connectivity index (χ1v) is 9.63. The number of imidazole rings is 1. The molecule has 2 atom stereocenters. The molecule has 0 radical (unpaired) electrons. The van der Waals surface area contributed by atoms with Crippen molar-refractivity contribution in [2.24, 2.45) is 5.92 Å². The molecule has 2 bridgehead atoms. The number of carbonyl (C=O) groups is 1. The number of fused-ring (bicyclic) bond motifs is 5. The van der Waals surface area contributed by atoms with Crippen LogP contribution in [0.5, 0.6) is 0 Å². The predicted molar refractivity (Wildman–Crippen MR) is 102 cm³/mol. The van der Waals surface area contributed by atoms with Crippen LogP contribution in [0.4, 0.5) is 0 Å². The molecule has 3 aromatic rings. The van der Waals surface area contributed by atoms with Crippen molar-refractivity contribution >= 4 is 11.7 Å². The molecule has 138 valence electrons. The van der Waals surface area contributed by atoms with E-state index in [1.54, 1.807) is 12.4 Å². The predicted octanol–water partition coefficient (Wildman–Crippen LogP) is 2.47. The summed E-state index contributed by atoms with van der Waals surface area (Å²) in [5, 5.41) is 0. The minimum absolute atomic E-state index is 0.0387. The Balaban J connectivity index is 1.36. The smallest absolute Gasteiger partial charge is 0.274 e. The zero-order valence-electron chi connectivity index (χ0n) is 15.2. The number of nitrogens with zero attached hydrogens (tertiary/aromatic N) is 5. The molecule has 0 unspecified atom stereocenters. The Morgan fingerprint density at radius 2 is 1.96 bits per heavy atom. The van der Waals surface area contributed by atoms with Crippen LogP contribution in [0.1, 0.15) is 28.9 Å². The van der Waals surface area contributed by atoms with Gasteiger partial charge in [0.1, 0.15) is 5.69 Å². The fourth-order valence-corrected chi connectivity index (χ4v) is 4.48. The minimum atomic E-state index is 0.0387. The SMILES string of the molecule is O=C(c1cn2cccnc2n1)N1C[C@H]2CC[C@@H]1CN(Cc1ccccc1)C2. The molecule has 3 saturated heterocycles. The lowest BCUT2D eigenvalue weighted by molar-refractivity contribution is 0.0579. The number of aromatic nitrogens is 3. The van der Waals surface area contributed by atoms with E-state index in [4.69, 9.17) is 0 Å². The zero-order chi connectivity index (χ0) is 18.2. The Hall–Kier alpha value is -2.73. The lowest BCUT2D eigenvalue weighted by atomic mass is 9.95. The normalized spacial score (nSPS) is 22.9. The lowest BCUT2D eigenvalue weighted by Crippen LogP contribution is -2.47. The monoisotopic (exact) mass is 361 g/mol. The Kier molecular flexibility index (Phi) is 4.13. The molecule has 6 nitrogen and oxygen atoms in total. The van der Waals surface area contributed by atoms with E-state index >= 15 is 0 Å². The third-order valence-corrected chi connectivity index (χ3v) is 5.75. The molecule has 2 aromatic heterocycles. The van der Waals surface area contributed by atoms with Crippen molar-refractivity contribution in [1.82, 2.24) is 24.2 Å². The zero-order valence-corrected chi connectivity index (χ0v) is 15.2. The number of rotatable bonds is 3. The third kappa shape index (κ3) is 3.21. The molecule has 27 heavy (non-hydrogen) atoms. The number of piperidine rings is 1. The third-order valence-electron chi connectivity index (χ3n) is 5.75. The topological polar surface area (TPSA) is 53.7 Å². The highest BCUT2D eigenvalue weighted by atomic mass is 16.2. The summed E-state index contributed by atoms with van der Waals surface area (Å²) in [7, 11) is 0. The maximum atomic E-state index is 13.2. The van der Waals surface area contributed by atoms with Crippen molar-refractivity contribution in [3.05, 3.63) is 66.2 Å². The number of hydrogen-bond acceptors (Lipinski definition) is 4. The molecule has 1 amide bonds. The van der Waals surface area contributed by atoms with Gasteiger partial charge in [0, 0.05) is 50.8 Å². The van der Waals surface area contributed by atoms with Crippen molar-refractivity contribution in [2.45, 2.75) is 25.4 Å². The van der Waals surface area contributed by atoms with Crippen LogP contribution in [0.15, 0.2) is 55.0 Å². The summed E-state index contributed by atoms with van der Waals surface area (Å²) in [5.74, 6) is 1.15. The van der Waals surface area contributed by atoms with Gasteiger partial charge in [0.25, 0.3) is 5.91 Å². The summed E-state index contributed by atoms with van der Waals surface area (Å²) in [6, 6.07) is 12.7. The average Bonchev–Trinajstić information content (AvgIpc) is 2.95. The quantitative estimate of drug-likeness (QED) is 0.719. The van der Waals surface area contributed by atoms with Gasteiger partial charge >= 0.3 is 0 Å². The van der Waals surface area contributed by atoms with Crippen molar-refractivity contribution in [2.75, 3.05) is 19.6 Å². The van der Waals surface area contributed by atoms with Gasteiger partial charge in [0.15, 0.2) is 0 Å². The molecule has 3 aliphatic heterocycles. The molecule has 6 rings (SSSR count). The summed E-state index contributed by atoms with van der Waals surface area (Å²) >= 11 is 0. The fraction of sp³-hybridized carbons (Fsp3) is 0.381. The average molecular weight is 361 g/mol. The summed E-state index contributed by atoms with van der Waals surface area (Å²) in [4.78, 5) is 26.4. The Morgan fingerprint density at radius 3 is 2.81 bits per heavy atom. The first-order chi connectivity index (χ1) is 13.3. The summed E-state index contributed by atoms with van der Waals surface area (Å²) < 4.78 is 1.81. The van der Waals surface area contributed by atoms with E-state index in [1.807, 2.05) is 16.7 Å². The van der Waals surface area contributed by atoms with Crippen molar-refractivity contribution in [3.63, 3.8) is 0 Å². The molecule has 0 aliphatic carbocycles. The second-order valence-corrected chi connectivity index (χ2v) is 7.69. The maximum Gasteiger partial charge on any atom is 0.274 e. The molecule has 6 heteroatoms. The standard InChI is InChI=1S/C21H23N5O/c27-20(19-15-25-10-4-9-22-21(25)23-19)26-13-17-7-8-18(26)14-24(12-17)11-16-5-2-1-3-6-16/h1-6,9-10,15,17-18H,7-8,11-14H2/t17-,18+/m0/s1. The van der Waals surface area contributed by atoms with Gasteiger partial charge in [-0.1, -0.05) is 30.3 Å². The van der Waals surface area contributed by atoms with E-state index in [0.717, 1.165) is 32.6 Å². The maximum absolute atomic E-state index is 13.2. The molecule has 0 saturated carbocycles. The highest BCUT2D eigenvalue weighted by Crippen LogP contribution is 2.29. The van der Waals surface area contributed by atoms with Gasteiger partial charge in [0.2, 0.25) is 5.78 Å². The van der Waals surface area contributed by atoms with Crippen LogP contribution in [0.2, 0.25) is 0 Å². The number of amides is 1. The first-order valence-electron chi connectivity index (χ1n) is 9.63. The number of hydrogen-bond donors (Lipinski definition) is 0. The minimum Gasteiger partial charge on any atom is -0.333 e. The van der Waals surface area contributed by atoms with E-state index in [-0.39, 0.29) is 11.9 Å². The van der Waals surface area contributed by atoms with Crippen LogP contribution in [0.3, 0.4) is 0 Å². The van der Waals surface area contributed by atoms with Gasteiger partial charge in [-0.15, -0.1) is 0 Å². The highest BCUT2D eigenvalue weighted by molar-refractivity contribution is 5.93. The second-order valence-electron chi connectivity index (χ2n) is 7.69. The van der Waals surface area contributed by atoms with Gasteiger partial charge in [-0.05, 0) is 30.4 Å². The Morgan fingerprint density at radius 1 is 1.07 bits per heavy atom. The molecule has 3 fully saturated rings. The highest BCUT2D eigenvalue weighted by Gasteiger charge is 2.38. The summed E-state index contributed by atoms with van der Waals surface area (Å²) in [6.45, 7) is 3.77. The van der Waals surface area contributed by atoms with Gasteiger partial charge in [-0.3, -0.25) is 14.1 Å². The van der Waals surface area contributed by atoms with Gasteiger partial charge in [-0.25, -0.2) is 9.97 Å². The van der Waals surface area contributed by atoms with Crippen molar-refractivity contribution < 1.29 is 4.79 Å². The Bertz CT molecular complexity index is 920. The van der Waals surface area contributed by atoms with Gasteiger partial charge in [-0.2, -0.15) is 0 Å². The van der Waals surface area contributed by atoms with Crippen LogP contribution in [-0.4, -0.2) is 55.8 Å². The van der Waals surface area contributed by atoms with E-state index in [9.17, 15) is 4.79 Å². The van der Waals surface area contributed by atoms with E-state index < -0.39 is 0 Å². The summed E-state index contributed by atoms with van der Waals surface area (Å²) in [5.41, 5.74) is 1.83. The van der Waals surface area contributed by atoms with Gasteiger partial charge < -0.3 is 4.90 Å². The van der Waals surface area contributed by atoms with Crippen LogP contribution in [-0.2, 0) is 6.54 Å². The van der Waals surface area contributed by atoms with E-state index in [2.05, 4.69) is 50.1 Å². The van der Waals surface area contributed by atoms with Crippen LogP contribution >= 0.6 is 0 Å². The largest absolute Gasteiger partial charge is 0.333 e. The second kappa shape index (κ2) is 6.78. The lowest BCUT2D eigenvalue weighted by Gasteiger charge is -2.35. The Labute approximate surface area is 158 Å². The molecular formula is C21H23N5O. The first kappa shape index (κ1) is 16.4. The van der Waals surface area contributed by atoms with Crippen molar-refractivity contribution in [3.8, 4) is 0 Å². The summed E-state index contributed by atoms with van der Waals surface area (Å²) in [6.07, 6.45) is 7.65. The number of benzene rings is 1. The van der Waals surface area contributed by atoms with Crippen LogP contribution in [0.25, 0.3) is 5.78 Å². The van der Waals surface area contributed by atoms with Crippen LogP contribution in [0, 0.1) is 5.92 Å². The van der Waals surface area contributed by atoms with Gasteiger partial charge in [0.05, 0.1) is 0 Å². The molecule has 5 heterocycles. The fourth-order valence-electron chi connectivity index (χ4n) is 4.48. The van der Waals surface area contributed by atoms with Crippen molar-refractivity contribution in [1.29, 1.82) is 0 Å². The number of carbonyl (C=O) groups excluding carboxylic acids is 1. The molecule has 0 spiro atoms.